The maximum atomic E-state index is 11.9. The number of nitrogens with zero attached hydrogens (tertiary/aromatic N) is 2. The minimum absolute atomic E-state index is 0.0221. The molecular weight excluding hydrogens is 264 g/mol. The van der Waals surface area contributed by atoms with E-state index in [-0.39, 0.29) is 18.2 Å². The number of esters is 1. The third-order valence-corrected chi connectivity index (χ3v) is 4.38. The zero-order valence-corrected chi connectivity index (χ0v) is 11.8. The zero-order valence-electron chi connectivity index (χ0n) is 11.0. The lowest BCUT2D eigenvalue weighted by Crippen LogP contribution is -2.03. The molecule has 1 saturated heterocycles. The van der Waals surface area contributed by atoms with Gasteiger partial charge in [0.1, 0.15) is 22.1 Å². The standard InChI is InChI=1S/C13H14N2O3S/c1-4-17-13(16)11-6(2)8-9(10-7(3)18-10)14-5-15-12(8)19-11/h5,7,10H,4H2,1-3H3. The summed E-state index contributed by atoms with van der Waals surface area (Å²) >= 11 is 1.35. The van der Waals surface area contributed by atoms with Crippen LogP contribution < -0.4 is 0 Å². The highest BCUT2D eigenvalue weighted by Crippen LogP contribution is 2.42. The van der Waals surface area contributed by atoms with Gasteiger partial charge < -0.3 is 9.47 Å². The predicted octanol–water partition coefficient (Wildman–Crippen LogP) is 2.64. The molecule has 2 unspecified atom stereocenters. The summed E-state index contributed by atoms with van der Waals surface area (Å²) in [7, 11) is 0. The van der Waals surface area contributed by atoms with Crippen LogP contribution in [0.25, 0.3) is 10.2 Å². The molecule has 0 saturated carbocycles. The summed E-state index contributed by atoms with van der Waals surface area (Å²) in [4.78, 5) is 21.9. The monoisotopic (exact) mass is 278 g/mol. The fourth-order valence-electron chi connectivity index (χ4n) is 2.18. The van der Waals surface area contributed by atoms with E-state index in [1.54, 1.807) is 6.92 Å². The maximum absolute atomic E-state index is 11.9. The molecule has 1 fully saturated rings. The van der Waals surface area contributed by atoms with Gasteiger partial charge in [-0.05, 0) is 26.3 Å². The first-order valence-electron chi connectivity index (χ1n) is 6.20. The van der Waals surface area contributed by atoms with Gasteiger partial charge in [-0.2, -0.15) is 0 Å². The van der Waals surface area contributed by atoms with Crippen LogP contribution in [0.4, 0.5) is 0 Å². The SMILES string of the molecule is CCOC(=O)c1sc2ncnc(C3OC3C)c2c1C. The average molecular weight is 278 g/mol. The number of fused-ring (bicyclic) bond motifs is 1. The van der Waals surface area contributed by atoms with Crippen molar-refractivity contribution in [3.63, 3.8) is 0 Å². The largest absolute Gasteiger partial charge is 0.462 e. The number of carbonyl (C=O) groups is 1. The van der Waals surface area contributed by atoms with Crippen molar-refractivity contribution in [3.05, 3.63) is 22.5 Å². The summed E-state index contributed by atoms with van der Waals surface area (Å²) in [5, 5.41) is 0.935. The molecule has 3 rings (SSSR count). The van der Waals surface area contributed by atoms with Crippen molar-refractivity contribution in [3.8, 4) is 0 Å². The van der Waals surface area contributed by atoms with Crippen molar-refractivity contribution in [1.29, 1.82) is 0 Å². The molecule has 0 radical (unpaired) electrons. The van der Waals surface area contributed by atoms with Crippen molar-refractivity contribution in [2.45, 2.75) is 33.0 Å². The Hall–Kier alpha value is -1.53. The molecule has 0 aromatic carbocycles. The first-order chi connectivity index (χ1) is 9.13. The fraction of sp³-hybridized carbons (Fsp3) is 0.462. The molecule has 6 heteroatoms. The second-order valence-corrected chi connectivity index (χ2v) is 5.48. The minimum Gasteiger partial charge on any atom is -0.462 e. The highest BCUT2D eigenvalue weighted by molar-refractivity contribution is 7.20. The number of hydrogen-bond acceptors (Lipinski definition) is 6. The molecule has 5 nitrogen and oxygen atoms in total. The van der Waals surface area contributed by atoms with E-state index < -0.39 is 0 Å². The maximum Gasteiger partial charge on any atom is 0.348 e. The van der Waals surface area contributed by atoms with Crippen LogP contribution in [-0.4, -0.2) is 28.6 Å². The van der Waals surface area contributed by atoms with E-state index in [4.69, 9.17) is 9.47 Å². The van der Waals surface area contributed by atoms with E-state index in [9.17, 15) is 4.79 Å². The van der Waals surface area contributed by atoms with Gasteiger partial charge in [-0.3, -0.25) is 0 Å². The molecule has 0 bridgehead atoms. The van der Waals surface area contributed by atoms with E-state index in [1.807, 2.05) is 13.8 Å². The number of epoxide rings is 1. The Morgan fingerprint density at radius 1 is 1.53 bits per heavy atom. The Morgan fingerprint density at radius 2 is 2.26 bits per heavy atom. The number of ether oxygens (including phenoxy) is 2. The lowest BCUT2D eigenvalue weighted by Gasteiger charge is -2.01. The molecular formula is C13H14N2O3S. The Morgan fingerprint density at radius 3 is 2.89 bits per heavy atom. The summed E-state index contributed by atoms with van der Waals surface area (Å²) in [6.45, 7) is 6.08. The quantitative estimate of drug-likeness (QED) is 0.638. The van der Waals surface area contributed by atoms with Gasteiger partial charge >= 0.3 is 5.97 Å². The molecule has 3 heterocycles. The normalized spacial score (nSPS) is 21.6. The summed E-state index contributed by atoms with van der Waals surface area (Å²) in [5.74, 6) is -0.293. The Labute approximate surface area is 114 Å². The van der Waals surface area contributed by atoms with Crippen LogP contribution in [-0.2, 0) is 9.47 Å². The molecule has 1 aliphatic rings. The van der Waals surface area contributed by atoms with Crippen LogP contribution in [0.1, 0.15) is 40.9 Å². The molecule has 100 valence electrons. The first-order valence-corrected chi connectivity index (χ1v) is 7.01. The van der Waals surface area contributed by atoms with Crippen molar-refractivity contribution in [2.75, 3.05) is 6.61 Å². The van der Waals surface area contributed by atoms with Crippen LogP contribution >= 0.6 is 11.3 Å². The summed E-state index contributed by atoms with van der Waals surface area (Å²) in [6.07, 6.45) is 1.73. The molecule has 0 amide bonds. The highest BCUT2D eigenvalue weighted by atomic mass is 32.1. The van der Waals surface area contributed by atoms with Crippen LogP contribution in [0.2, 0.25) is 0 Å². The van der Waals surface area contributed by atoms with Crippen LogP contribution in [0.3, 0.4) is 0 Å². The van der Waals surface area contributed by atoms with Gasteiger partial charge in [-0.15, -0.1) is 11.3 Å². The Balaban J connectivity index is 2.13. The van der Waals surface area contributed by atoms with Gasteiger partial charge in [-0.1, -0.05) is 0 Å². The third-order valence-electron chi connectivity index (χ3n) is 3.20. The second kappa shape index (κ2) is 4.54. The minimum atomic E-state index is -0.293. The fourth-order valence-corrected chi connectivity index (χ4v) is 3.23. The van der Waals surface area contributed by atoms with E-state index in [1.165, 1.54) is 17.7 Å². The second-order valence-electron chi connectivity index (χ2n) is 4.48. The summed E-state index contributed by atoms with van der Waals surface area (Å²) in [5.41, 5.74) is 1.76. The summed E-state index contributed by atoms with van der Waals surface area (Å²) < 4.78 is 10.5. The molecule has 1 aliphatic heterocycles. The van der Waals surface area contributed by atoms with Gasteiger partial charge in [-0.25, -0.2) is 14.8 Å². The van der Waals surface area contributed by atoms with Crippen LogP contribution in [0, 0.1) is 6.92 Å². The number of rotatable bonds is 3. The smallest absolute Gasteiger partial charge is 0.348 e. The Bertz CT molecular complexity index is 653. The van der Waals surface area contributed by atoms with Gasteiger partial charge in [0.2, 0.25) is 0 Å². The van der Waals surface area contributed by atoms with E-state index in [2.05, 4.69) is 9.97 Å². The van der Waals surface area contributed by atoms with Crippen molar-refractivity contribution < 1.29 is 14.3 Å². The number of thiophene rings is 1. The molecule has 19 heavy (non-hydrogen) atoms. The molecule has 2 aromatic rings. The molecule has 0 spiro atoms. The number of aromatic nitrogens is 2. The van der Waals surface area contributed by atoms with Crippen molar-refractivity contribution in [1.82, 2.24) is 9.97 Å². The van der Waals surface area contributed by atoms with Crippen LogP contribution in [0.15, 0.2) is 6.33 Å². The first kappa shape index (κ1) is 12.5. The highest BCUT2D eigenvalue weighted by Gasteiger charge is 2.39. The van der Waals surface area contributed by atoms with Crippen LogP contribution in [0.5, 0.6) is 0 Å². The van der Waals surface area contributed by atoms with E-state index in [0.29, 0.717) is 11.5 Å². The number of aryl methyl sites for hydroxylation is 1. The lowest BCUT2D eigenvalue weighted by atomic mass is 10.1. The average Bonchev–Trinajstić information content (AvgIpc) is 3.02. The summed E-state index contributed by atoms with van der Waals surface area (Å²) in [6, 6.07) is 0. The molecule has 2 aromatic heterocycles. The number of carbonyl (C=O) groups excluding carboxylic acids is 1. The van der Waals surface area contributed by atoms with E-state index >= 15 is 0 Å². The van der Waals surface area contributed by atoms with E-state index in [0.717, 1.165) is 21.5 Å². The predicted molar refractivity (Wildman–Crippen MR) is 71.4 cm³/mol. The van der Waals surface area contributed by atoms with Gasteiger partial charge in [0, 0.05) is 5.39 Å². The third kappa shape index (κ3) is 2.01. The zero-order chi connectivity index (χ0) is 13.6. The Kier molecular flexibility index (Phi) is 2.99. The lowest BCUT2D eigenvalue weighted by molar-refractivity contribution is 0.0531. The topological polar surface area (TPSA) is 64.6 Å². The molecule has 0 aliphatic carbocycles. The van der Waals surface area contributed by atoms with Crippen molar-refractivity contribution in [2.24, 2.45) is 0 Å². The van der Waals surface area contributed by atoms with Gasteiger partial charge in [0.25, 0.3) is 0 Å². The molecule has 0 N–H and O–H groups in total. The van der Waals surface area contributed by atoms with Gasteiger partial charge in [0.15, 0.2) is 0 Å². The molecule has 2 atom stereocenters. The van der Waals surface area contributed by atoms with Crippen molar-refractivity contribution >= 4 is 27.5 Å². The number of hydrogen-bond donors (Lipinski definition) is 0. The van der Waals surface area contributed by atoms with Gasteiger partial charge in [0.05, 0.1) is 18.4 Å².